The molecule has 0 atom stereocenters. The van der Waals surface area contributed by atoms with Gasteiger partial charge < -0.3 is 10.0 Å². The van der Waals surface area contributed by atoms with Crippen molar-refractivity contribution in [1.82, 2.24) is 0 Å². The second-order valence-electron chi connectivity index (χ2n) is 4.91. The molecule has 0 saturated heterocycles. The maximum atomic E-state index is 9.17. The van der Waals surface area contributed by atoms with Crippen LogP contribution in [0.5, 0.6) is 0 Å². The average Bonchev–Trinajstić information content (AvgIpc) is 2.56. The molecule has 3 aromatic carbocycles. The Bertz CT molecular complexity index is 722. The molecule has 102 valence electrons. The Morgan fingerprint density at radius 2 is 1.00 bits per heavy atom. The van der Waals surface area contributed by atoms with Gasteiger partial charge in [-0.2, -0.15) is 0 Å². The van der Waals surface area contributed by atoms with E-state index in [4.69, 9.17) is 0 Å². The van der Waals surface area contributed by atoms with E-state index in [0.717, 1.165) is 16.7 Å². The van der Waals surface area contributed by atoms with Crippen molar-refractivity contribution >= 4 is 12.6 Å². The number of hydrogen-bond acceptors (Lipinski definition) is 2. The maximum Gasteiger partial charge on any atom is 0.488 e. The molecular weight excluding hydrogens is 259 g/mol. The van der Waals surface area contributed by atoms with E-state index in [2.05, 4.69) is 24.3 Å². The van der Waals surface area contributed by atoms with Gasteiger partial charge in [0.2, 0.25) is 0 Å². The molecule has 3 aromatic rings. The van der Waals surface area contributed by atoms with Crippen molar-refractivity contribution in [3.8, 4) is 22.3 Å². The highest BCUT2D eigenvalue weighted by Gasteiger charge is 2.11. The summed E-state index contributed by atoms with van der Waals surface area (Å²) in [6, 6.07) is 25.7. The number of hydrogen-bond donors (Lipinski definition) is 2. The summed E-state index contributed by atoms with van der Waals surface area (Å²) in [5, 5.41) is 18.3. The van der Waals surface area contributed by atoms with Crippen LogP contribution in [-0.2, 0) is 0 Å². The van der Waals surface area contributed by atoms with Crippen LogP contribution in [0.15, 0.2) is 78.9 Å². The first-order chi connectivity index (χ1) is 10.3. The lowest BCUT2D eigenvalue weighted by molar-refractivity contribution is 0.426. The Morgan fingerprint density at radius 3 is 1.52 bits per heavy atom. The van der Waals surface area contributed by atoms with Gasteiger partial charge in [-0.25, -0.2) is 0 Å². The van der Waals surface area contributed by atoms with Crippen molar-refractivity contribution in [2.24, 2.45) is 0 Å². The van der Waals surface area contributed by atoms with E-state index in [0.29, 0.717) is 5.46 Å². The molecule has 0 heterocycles. The van der Waals surface area contributed by atoms with Gasteiger partial charge in [-0.1, -0.05) is 78.9 Å². The molecule has 2 N–H and O–H groups in total. The fourth-order valence-electron chi connectivity index (χ4n) is 2.44. The topological polar surface area (TPSA) is 40.5 Å². The van der Waals surface area contributed by atoms with E-state index < -0.39 is 7.12 Å². The molecule has 3 rings (SSSR count). The van der Waals surface area contributed by atoms with E-state index in [1.54, 1.807) is 12.1 Å². The maximum absolute atomic E-state index is 9.17. The molecule has 0 unspecified atom stereocenters. The Kier molecular flexibility index (Phi) is 3.86. The lowest BCUT2D eigenvalue weighted by Gasteiger charge is -2.10. The van der Waals surface area contributed by atoms with Crippen LogP contribution in [0.3, 0.4) is 0 Å². The fourth-order valence-corrected chi connectivity index (χ4v) is 2.44. The molecule has 0 aromatic heterocycles. The minimum absolute atomic E-state index is 0.496. The van der Waals surface area contributed by atoms with Crippen LogP contribution >= 0.6 is 0 Å². The van der Waals surface area contributed by atoms with Crippen molar-refractivity contribution < 1.29 is 10.0 Å². The molecule has 0 spiro atoms. The normalized spacial score (nSPS) is 10.4. The van der Waals surface area contributed by atoms with Crippen molar-refractivity contribution in [3.05, 3.63) is 78.9 Å². The van der Waals surface area contributed by atoms with Crippen LogP contribution in [-0.4, -0.2) is 17.2 Å². The molecule has 21 heavy (non-hydrogen) atoms. The van der Waals surface area contributed by atoms with E-state index in [1.165, 1.54) is 5.56 Å². The first-order valence-corrected chi connectivity index (χ1v) is 6.86. The Labute approximate surface area is 124 Å². The zero-order chi connectivity index (χ0) is 14.7. The van der Waals surface area contributed by atoms with Gasteiger partial charge in [-0.3, -0.25) is 0 Å². The predicted octanol–water partition coefficient (Wildman–Crippen LogP) is 2.70. The third-order valence-corrected chi connectivity index (χ3v) is 3.53. The largest absolute Gasteiger partial charge is 0.488 e. The van der Waals surface area contributed by atoms with Crippen molar-refractivity contribution in [2.45, 2.75) is 0 Å². The Balaban J connectivity index is 2.07. The summed E-state index contributed by atoms with van der Waals surface area (Å²) >= 11 is 0. The minimum atomic E-state index is -1.43. The van der Waals surface area contributed by atoms with E-state index in [1.807, 2.05) is 42.5 Å². The van der Waals surface area contributed by atoms with Gasteiger partial charge in [0, 0.05) is 0 Å². The summed E-state index contributed by atoms with van der Waals surface area (Å²) < 4.78 is 0. The highest BCUT2D eigenvalue weighted by Crippen LogP contribution is 2.31. The van der Waals surface area contributed by atoms with Crippen LogP contribution in [0, 0.1) is 0 Å². The third-order valence-electron chi connectivity index (χ3n) is 3.53. The van der Waals surface area contributed by atoms with Gasteiger partial charge in [0.25, 0.3) is 0 Å². The summed E-state index contributed by atoms with van der Waals surface area (Å²) in [4.78, 5) is 0. The molecule has 3 heteroatoms. The highest BCUT2D eigenvalue weighted by atomic mass is 16.4. The smallest absolute Gasteiger partial charge is 0.423 e. The summed E-state index contributed by atoms with van der Waals surface area (Å²) in [6.07, 6.45) is 0. The van der Waals surface area contributed by atoms with Crippen molar-refractivity contribution in [1.29, 1.82) is 0 Å². The minimum Gasteiger partial charge on any atom is -0.423 e. The second-order valence-corrected chi connectivity index (χ2v) is 4.91. The van der Waals surface area contributed by atoms with E-state index >= 15 is 0 Å². The van der Waals surface area contributed by atoms with Gasteiger partial charge in [-0.15, -0.1) is 0 Å². The molecular formula is C18H15BO2. The Morgan fingerprint density at radius 1 is 0.524 bits per heavy atom. The predicted molar refractivity (Wildman–Crippen MR) is 87.1 cm³/mol. The first-order valence-electron chi connectivity index (χ1n) is 6.86. The van der Waals surface area contributed by atoms with Crippen molar-refractivity contribution in [2.75, 3.05) is 0 Å². The zero-order valence-corrected chi connectivity index (χ0v) is 11.5. The number of rotatable bonds is 3. The van der Waals surface area contributed by atoms with Crippen LogP contribution in [0.1, 0.15) is 0 Å². The van der Waals surface area contributed by atoms with Gasteiger partial charge >= 0.3 is 7.12 Å². The molecule has 0 aliphatic rings. The molecule has 0 radical (unpaired) electrons. The lowest BCUT2D eigenvalue weighted by atomic mass is 9.79. The van der Waals surface area contributed by atoms with Crippen LogP contribution in [0.4, 0.5) is 0 Å². The van der Waals surface area contributed by atoms with E-state index in [9.17, 15) is 10.0 Å². The summed E-state index contributed by atoms with van der Waals surface area (Å²) in [5.41, 5.74) is 5.01. The standard InChI is InChI=1S/C18H15BO2/c20-19(21)16-12-10-15(11-13-16)18-9-5-4-8-17(18)14-6-2-1-3-7-14/h1-13,20-21H. The molecule has 0 bridgehead atoms. The van der Waals surface area contributed by atoms with Gasteiger partial charge in [0.15, 0.2) is 0 Å². The average molecular weight is 274 g/mol. The van der Waals surface area contributed by atoms with E-state index in [-0.39, 0.29) is 0 Å². The fraction of sp³-hybridized carbons (Fsp3) is 0. The van der Waals surface area contributed by atoms with Crippen LogP contribution < -0.4 is 5.46 Å². The molecule has 0 aliphatic carbocycles. The third kappa shape index (κ3) is 2.89. The molecule has 0 fully saturated rings. The number of benzene rings is 3. The van der Waals surface area contributed by atoms with Crippen LogP contribution in [0.2, 0.25) is 0 Å². The molecule has 0 saturated carbocycles. The quantitative estimate of drug-likeness (QED) is 0.721. The van der Waals surface area contributed by atoms with Gasteiger partial charge in [-0.05, 0) is 27.7 Å². The molecule has 2 nitrogen and oxygen atoms in total. The molecule has 0 aliphatic heterocycles. The van der Waals surface area contributed by atoms with Gasteiger partial charge in [0.1, 0.15) is 0 Å². The summed E-state index contributed by atoms with van der Waals surface area (Å²) in [7, 11) is -1.43. The highest BCUT2D eigenvalue weighted by molar-refractivity contribution is 6.58. The van der Waals surface area contributed by atoms with Crippen LogP contribution in [0.25, 0.3) is 22.3 Å². The second kappa shape index (κ2) is 5.96. The SMILES string of the molecule is OB(O)c1ccc(-c2ccccc2-c2ccccc2)cc1. The lowest BCUT2D eigenvalue weighted by Crippen LogP contribution is -2.29. The molecule has 0 amide bonds. The Hall–Kier alpha value is -2.36. The first kappa shape index (κ1) is 13.6. The van der Waals surface area contributed by atoms with Gasteiger partial charge in [0.05, 0.1) is 0 Å². The van der Waals surface area contributed by atoms with Crippen molar-refractivity contribution in [3.63, 3.8) is 0 Å². The zero-order valence-electron chi connectivity index (χ0n) is 11.5. The monoisotopic (exact) mass is 274 g/mol. The summed E-state index contributed by atoms with van der Waals surface area (Å²) in [6.45, 7) is 0. The summed E-state index contributed by atoms with van der Waals surface area (Å²) in [5.74, 6) is 0.